The number of halogens is 1. The van der Waals surface area contributed by atoms with E-state index in [0.29, 0.717) is 21.9 Å². The zero-order valence-electron chi connectivity index (χ0n) is 8.53. The highest BCUT2D eigenvalue weighted by molar-refractivity contribution is 6.35. The molecule has 0 unspecified atom stereocenters. The highest BCUT2D eigenvalue weighted by atomic mass is 35.5. The summed E-state index contributed by atoms with van der Waals surface area (Å²) in [5.74, 6) is 0.454. The molecule has 0 atom stereocenters. The number of ketones is 1. The number of benzene rings is 1. The van der Waals surface area contributed by atoms with Crippen molar-refractivity contribution in [2.24, 2.45) is 0 Å². The molecule has 0 saturated heterocycles. The van der Waals surface area contributed by atoms with Gasteiger partial charge in [0.15, 0.2) is 5.78 Å². The number of carbonyl (C=O) groups is 1. The average molecular weight is 237 g/mol. The Morgan fingerprint density at radius 1 is 1.50 bits per heavy atom. The van der Waals surface area contributed by atoms with Gasteiger partial charge in [-0.1, -0.05) is 11.6 Å². The van der Waals surface area contributed by atoms with Crippen molar-refractivity contribution in [3.8, 4) is 5.75 Å². The quantitative estimate of drug-likeness (QED) is 0.832. The van der Waals surface area contributed by atoms with Crippen molar-refractivity contribution in [1.29, 1.82) is 0 Å². The molecule has 82 valence electrons. The van der Waals surface area contributed by atoms with Crippen molar-refractivity contribution < 1.29 is 9.53 Å². The van der Waals surface area contributed by atoms with Gasteiger partial charge in [-0.05, 0) is 18.2 Å². The molecular formula is C11H9ClN2O2. The van der Waals surface area contributed by atoms with Crippen LogP contribution < -0.4 is 4.74 Å². The molecule has 0 saturated carbocycles. The molecule has 0 amide bonds. The molecule has 0 spiro atoms. The predicted octanol–water partition coefficient (Wildman–Crippen LogP) is 2.30. The Labute approximate surface area is 97.2 Å². The molecule has 1 aromatic heterocycles. The van der Waals surface area contributed by atoms with Crippen LogP contribution in [0.4, 0.5) is 0 Å². The van der Waals surface area contributed by atoms with E-state index in [-0.39, 0.29) is 5.78 Å². The normalized spacial score (nSPS) is 10.1. The van der Waals surface area contributed by atoms with Gasteiger partial charge >= 0.3 is 0 Å². The minimum atomic E-state index is -0.165. The number of carbonyl (C=O) groups excluding carboxylic acids is 1. The lowest BCUT2D eigenvalue weighted by molar-refractivity contribution is 0.103. The van der Waals surface area contributed by atoms with Crippen LogP contribution in [-0.2, 0) is 0 Å². The Balaban J connectivity index is 2.38. The van der Waals surface area contributed by atoms with E-state index in [0.717, 1.165) is 0 Å². The van der Waals surface area contributed by atoms with Crippen LogP contribution in [0.1, 0.15) is 15.9 Å². The maximum atomic E-state index is 11.9. The van der Waals surface area contributed by atoms with Crippen molar-refractivity contribution >= 4 is 17.4 Å². The zero-order chi connectivity index (χ0) is 11.5. The lowest BCUT2D eigenvalue weighted by Crippen LogP contribution is -2.00. The summed E-state index contributed by atoms with van der Waals surface area (Å²) in [6, 6.07) is 4.94. The van der Waals surface area contributed by atoms with E-state index in [1.165, 1.54) is 12.4 Å². The summed E-state index contributed by atoms with van der Waals surface area (Å²) in [5.41, 5.74) is 0.913. The number of aromatic nitrogens is 2. The molecule has 0 aliphatic carbocycles. The van der Waals surface area contributed by atoms with Gasteiger partial charge in [0.05, 0.1) is 23.9 Å². The third-order valence-electron chi connectivity index (χ3n) is 2.18. The number of ether oxygens (including phenoxy) is 1. The van der Waals surface area contributed by atoms with E-state index >= 15 is 0 Å². The summed E-state index contributed by atoms with van der Waals surface area (Å²) in [5, 5.41) is 6.67. The summed E-state index contributed by atoms with van der Waals surface area (Å²) in [6.07, 6.45) is 2.99. The number of aromatic amines is 1. The molecule has 0 radical (unpaired) electrons. The van der Waals surface area contributed by atoms with E-state index in [4.69, 9.17) is 16.3 Å². The molecule has 0 bridgehead atoms. The summed E-state index contributed by atoms with van der Waals surface area (Å²) >= 11 is 5.99. The van der Waals surface area contributed by atoms with Gasteiger partial charge < -0.3 is 4.74 Å². The molecule has 4 nitrogen and oxygen atoms in total. The first-order valence-electron chi connectivity index (χ1n) is 4.59. The number of hydrogen-bond acceptors (Lipinski definition) is 3. The maximum Gasteiger partial charge on any atom is 0.197 e. The van der Waals surface area contributed by atoms with Crippen LogP contribution in [0.5, 0.6) is 5.75 Å². The predicted molar refractivity (Wildman–Crippen MR) is 60.0 cm³/mol. The standard InChI is InChI=1S/C11H9ClN2O2/c1-16-8-2-3-9(10(12)4-8)11(15)7-5-13-14-6-7/h2-6H,1H3,(H,13,14). The molecule has 1 aromatic carbocycles. The second-order valence-electron chi connectivity index (χ2n) is 3.16. The smallest absolute Gasteiger partial charge is 0.197 e. The summed E-state index contributed by atoms with van der Waals surface area (Å²) in [7, 11) is 1.54. The van der Waals surface area contributed by atoms with Crippen LogP contribution in [-0.4, -0.2) is 23.1 Å². The topological polar surface area (TPSA) is 55.0 Å². The Hall–Kier alpha value is -1.81. The van der Waals surface area contributed by atoms with Gasteiger partial charge in [-0.25, -0.2) is 0 Å². The van der Waals surface area contributed by atoms with Crippen LogP contribution in [0.2, 0.25) is 5.02 Å². The van der Waals surface area contributed by atoms with Gasteiger partial charge in [-0.15, -0.1) is 0 Å². The highest BCUT2D eigenvalue weighted by Gasteiger charge is 2.14. The highest BCUT2D eigenvalue weighted by Crippen LogP contribution is 2.24. The summed E-state index contributed by atoms with van der Waals surface area (Å²) < 4.78 is 5.01. The molecule has 1 heterocycles. The fourth-order valence-electron chi connectivity index (χ4n) is 1.34. The Morgan fingerprint density at radius 3 is 2.88 bits per heavy atom. The van der Waals surface area contributed by atoms with Crippen LogP contribution in [0.3, 0.4) is 0 Å². The molecule has 16 heavy (non-hydrogen) atoms. The Bertz CT molecular complexity index is 509. The molecule has 2 rings (SSSR count). The van der Waals surface area contributed by atoms with Crippen LogP contribution in [0, 0.1) is 0 Å². The van der Waals surface area contributed by atoms with Gasteiger partial charge in [0.1, 0.15) is 5.75 Å². The van der Waals surface area contributed by atoms with Crippen LogP contribution >= 0.6 is 11.6 Å². The molecule has 2 aromatic rings. The number of hydrogen-bond donors (Lipinski definition) is 1. The third-order valence-corrected chi connectivity index (χ3v) is 2.49. The number of methoxy groups -OCH3 is 1. The fourth-order valence-corrected chi connectivity index (χ4v) is 1.59. The third kappa shape index (κ3) is 1.92. The van der Waals surface area contributed by atoms with Crippen LogP contribution in [0.15, 0.2) is 30.6 Å². The van der Waals surface area contributed by atoms with E-state index in [2.05, 4.69) is 10.2 Å². The molecule has 1 N–H and O–H groups in total. The van der Waals surface area contributed by atoms with Crippen LogP contribution in [0.25, 0.3) is 0 Å². The maximum absolute atomic E-state index is 11.9. The molecule has 5 heteroatoms. The lowest BCUT2D eigenvalue weighted by Gasteiger charge is -2.04. The first-order valence-corrected chi connectivity index (χ1v) is 4.97. The van der Waals surface area contributed by atoms with Gasteiger partial charge in [0.25, 0.3) is 0 Å². The number of rotatable bonds is 3. The first kappa shape index (κ1) is 10.7. The Kier molecular flexibility index (Phi) is 2.92. The van der Waals surface area contributed by atoms with Gasteiger partial charge in [-0.3, -0.25) is 9.89 Å². The minimum absolute atomic E-state index is 0.165. The van der Waals surface area contributed by atoms with Crippen molar-refractivity contribution in [2.45, 2.75) is 0 Å². The van der Waals surface area contributed by atoms with Crippen molar-refractivity contribution in [1.82, 2.24) is 10.2 Å². The second kappa shape index (κ2) is 4.37. The van der Waals surface area contributed by atoms with Crippen molar-refractivity contribution in [3.05, 3.63) is 46.7 Å². The number of nitrogens with one attached hydrogen (secondary N) is 1. The number of H-pyrrole nitrogens is 1. The molecule has 0 fully saturated rings. The fraction of sp³-hybridized carbons (Fsp3) is 0.0909. The van der Waals surface area contributed by atoms with E-state index in [1.807, 2.05) is 0 Å². The summed E-state index contributed by atoms with van der Waals surface area (Å²) in [6.45, 7) is 0. The van der Waals surface area contributed by atoms with E-state index < -0.39 is 0 Å². The van der Waals surface area contributed by atoms with E-state index in [1.54, 1.807) is 25.3 Å². The SMILES string of the molecule is COc1ccc(C(=O)c2cn[nH]c2)c(Cl)c1. The van der Waals surface area contributed by atoms with Crippen molar-refractivity contribution in [3.63, 3.8) is 0 Å². The summed E-state index contributed by atoms with van der Waals surface area (Å²) in [4.78, 5) is 11.9. The Morgan fingerprint density at radius 2 is 2.31 bits per heavy atom. The molecule has 0 aliphatic rings. The molecule has 0 aliphatic heterocycles. The molecular weight excluding hydrogens is 228 g/mol. The average Bonchev–Trinajstić information content (AvgIpc) is 2.81. The largest absolute Gasteiger partial charge is 0.497 e. The second-order valence-corrected chi connectivity index (χ2v) is 3.57. The van der Waals surface area contributed by atoms with Crippen molar-refractivity contribution in [2.75, 3.05) is 7.11 Å². The monoisotopic (exact) mass is 236 g/mol. The first-order chi connectivity index (χ1) is 7.72. The van der Waals surface area contributed by atoms with Gasteiger partial charge in [0.2, 0.25) is 0 Å². The lowest BCUT2D eigenvalue weighted by atomic mass is 10.1. The van der Waals surface area contributed by atoms with Gasteiger partial charge in [-0.2, -0.15) is 5.10 Å². The van der Waals surface area contributed by atoms with Gasteiger partial charge in [0, 0.05) is 11.8 Å². The number of nitrogens with zero attached hydrogens (tertiary/aromatic N) is 1. The zero-order valence-corrected chi connectivity index (χ0v) is 9.28. The minimum Gasteiger partial charge on any atom is -0.497 e. The van der Waals surface area contributed by atoms with E-state index in [9.17, 15) is 4.79 Å².